The summed E-state index contributed by atoms with van der Waals surface area (Å²) in [6.45, 7) is 8.98. The maximum Gasteiger partial charge on any atom is -0.0114 e. The number of benzene rings is 6. The van der Waals surface area contributed by atoms with Gasteiger partial charge in [-0.3, -0.25) is 0 Å². The second-order valence-electron chi connectivity index (χ2n) is 13.6. The van der Waals surface area contributed by atoms with Crippen molar-refractivity contribution in [3.63, 3.8) is 0 Å². The standard InChI is InChI=1S/C24H19.C21H17.C2H6Si.2ClH.Zr/c1-2-8-17(7-1)20-15-19-11-6-14-23(24(19)16-20)22-13-5-10-18-9-3-4-12-21(18)22;1-14-12-20-15(2)10-11-19(21(20)13-14)18-9-5-7-16-6-3-4-8-17(16)18;1-3-2;;;/h1-6,9-17H,7-8H2;3-13H,1-2H3;1-2H3;2*1H;/q2*-1;;;;+2/p-2. The number of aryl methyl sites for hydroxylation is 2. The monoisotopic (exact) mass is 794 g/mol. The van der Waals surface area contributed by atoms with Crippen LogP contribution < -0.4 is 24.8 Å². The summed E-state index contributed by atoms with van der Waals surface area (Å²) < 4.78 is 0. The van der Waals surface area contributed by atoms with E-state index >= 15 is 0 Å². The Balaban J connectivity index is 0.000000174. The smallest absolute Gasteiger partial charge is 0.0114 e. The van der Waals surface area contributed by atoms with E-state index < -0.39 is 0 Å². The summed E-state index contributed by atoms with van der Waals surface area (Å²) in [7, 11) is 0. The molecule has 8 aromatic carbocycles. The topological polar surface area (TPSA) is 0 Å². The van der Waals surface area contributed by atoms with E-state index in [1.165, 1.54) is 94.9 Å². The maximum atomic E-state index is 2.42. The summed E-state index contributed by atoms with van der Waals surface area (Å²) in [5, 5.41) is 10.7. The first-order valence-electron chi connectivity index (χ1n) is 17.4. The molecule has 254 valence electrons. The van der Waals surface area contributed by atoms with E-state index in [1.54, 1.807) is 23.3 Å². The molecule has 51 heavy (non-hydrogen) atoms. The van der Waals surface area contributed by atoms with E-state index in [0.717, 1.165) is 0 Å². The zero-order chi connectivity index (χ0) is 33.9. The van der Waals surface area contributed by atoms with Gasteiger partial charge in [-0.15, -0.1) is 68.6 Å². The van der Waals surface area contributed by atoms with Crippen molar-refractivity contribution in [2.45, 2.75) is 45.7 Å². The molecule has 0 saturated heterocycles. The van der Waals surface area contributed by atoms with E-state index in [-0.39, 0.29) is 30.2 Å². The van der Waals surface area contributed by atoms with Crippen LogP contribution in [0.1, 0.15) is 35.4 Å². The van der Waals surface area contributed by atoms with Gasteiger partial charge in [0.15, 0.2) is 0 Å². The van der Waals surface area contributed by atoms with Crippen molar-refractivity contribution in [1.82, 2.24) is 0 Å². The minimum Gasteiger partial charge on any atom is -1.00 e. The molecule has 0 fully saturated rings. The molecular formula is C47H42Cl2SiZr-2. The molecule has 0 nitrogen and oxygen atoms in total. The van der Waals surface area contributed by atoms with Crippen molar-refractivity contribution in [2.24, 2.45) is 0 Å². The number of fused-ring (bicyclic) bond motifs is 4. The number of hydrogen-bond acceptors (Lipinski definition) is 0. The van der Waals surface area contributed by atoms with Crippen molar-refractivity contribution in [3.05, 3.63) is 168 Å². The molecule has 9 rings (SSSR count). The Hall–Kier alpha value is -3.52. The van der Waals surface area contributed by atoms with Crippen LogP contribution in [0.5, 0.6) is 0 Å². The van der Waals surface area contributed by atoms with Crippen LogP contribution in [0.4, 0.5) is 0 Å². The Bertz CT molecular complexity index is 2460. The summed E-state index contributed by atoms with van der Waals surface area (Å²) in [6, 6.07) is 51.1. The Kier molecular flexibility index (Phi) is 13.2. The van der Waals surface area contributed by atoms with Gasteiger partial charge in [-0.2, -0.15) is 12.1 Å². The fourth-order valence-electron chi connectivity index (χ4n) is 7.36. The van der Waals surface area contributed by atoms with Crippen LogP contribution in [-0.2, 0) is 23.3 Å². The van der Waals surface area contributed by atoms with E-state index in [1.807, 2.05) is 0 Å². The number of halogens is 2. The van der Waals surface area contributed by atoms with E-state index in [0.29, 0.717) is 5.92 Å². The number of rotatable bonds is 3. The summed E-state index contributed by atoms with van der Waals surface area (Å²) in [4.78, 5) is 0. The van der Waals surface area contributed by atoms with Crippen LogP contribution in [0.15, 0.2) is 152 Å². The van der Waals surface area contributed by atoms with E-state index in [4.69, 9.17) is 0 Å². The molecule has 0 heterocycles. The first kappa shape index (κ1) is 38.7. The van der Waals surface area contributed by atoms with Gasteiger partial charge in [-0.1, -0.05) is 134 Å². The zero-order valence-electron chi connectivity index (χ0n) is 29.7. The average Bonchev–Trinajstić information content (AvgIpc) is 3.88. The third kappa shape index (κ3) is 8.42. The molecule has 0 N–H and O–H groups in total. The van der Waals surface area contributed by atoms with Gasteiger partial charge in [0, 0.05) is 0 Å². The van der Waals surface area contributed by atoms with Gasteiger partial charge >= 0.3 is 41.9 Å². The second-order valence-corrected chi connectivity index (χ2v) is 23.0. The first-order chi connectivity index (χ1) is 23.9. The van der Waals surface area contributed by atoms with Gasteiger partial charge in [0.1, 0.15) is 0 Å². The van der Waals surface area contributed by atoms with Crippen molar-refractivity contribution < 1.29 is 48.1 Å². The van der Waals surface area contributed by atoms with Crippen LogP contribution in [-0.4, -0.2) is 5.43 Å². The second kappa shape index (κ2) is 17.3. The van der Waals surface area contributed by atoms with Crippen LogP contribution in [0.25, 0.3) is 65.3 Å². The molecule has 0 aliphatic heterocycles. The minimum absolute atomic E-state index is 0. The Morgan fingerprint density at radius 1 is 0.549 bits per heavy atom. The largest absolute Gasteiger partial charge is 1.00 e. The first-order valence-corrected chi connectivity index (χ1v) is 23.5. The van der Waals surface area contributed by atoms with E-state index in [2.05, 4.69) is 179 Å². The molecule has 1 aliphatic rings. The Morgan fingerprint density at radius 3 is 1.63 bits per heavy atom. The average molecular weight is 797 g/mol. The molecule has 4 heteroatoms. The summed E-state index contributed by atoms with van der Waals surface area (Å²) in [5.74, 6) is 0.665. The van der Waals surface area contributed by atoms with Gasteiger partial charge in [0.25, 0.3) is 0 Å². The molecule has 1 aliphatic carbocycles. The molecule has 8 aromatic rings. The van der Waals surface area contributed by atoms with Crippen molar-refractivity contribution >= 4 is 48.5 Å². The zero-order valence-corrected chi connectivity index (χ0v) is 34.7. The number of hydrogen-bond donors (Lipinski definition) is 0. The molecule has 0 radical (unpaired) electrons. The molecule has 0 atom stereocenters. The van der Waals surface area contributed by atoms with Crippen molar-refractivity contribution in [1.29, 1.82) is 0 Å². The normalized spacial score (nSPS) is 12.2. The molecule has 0 saturated carbocycles. The summed E-state index contributed by atoms with van der Waals surface area (Å²) >= 11 is 1.74. The van der Waals surface area contributed by atoms with Gasteiger partial charge in [0.05, 0.1) is 0 Å². The quantitative estimate of drug-likeness (QED) is 0.0983. The fourth-order valence-corrected chi connectivity index (χ4v) is 7.36. The SMILES string of the molecule is C1=CCC(c2cc3c(-c4cccc5ccccc45)cccc3[cH-]2)C1.C[Si](C)=[Zr+2].Cc1cc2c(-c3cccc4ccccc34)ccc(C)c2[cH-]1.[Cl-].[Cl-]. The molecule has 0 bridgehead atoms. The molecule has 0 spiro atoms. The van der Waals surface area contributed by atoms with Crippen LogP contribution in [0.2, 0.25) is 13.1 Å². The molecule has 0 aromatic heterocycles. The van der Waals surface area contributed by atoms with Crippen LogP contribution in [0.3, 0.4) is 0 Å². The van der Waals surface area contributed by atoms with Gasteiger partial charge < -0.3 is 24.8 Å². The molecule has 0 unspecified atom stereocenters. The predicted octanol–water partition coefficient (Wildman–Crippen LogP) is 7.60. The third-order valence-electron chi connectivity index (χ3n) is 9.66. The van der Waals surface area contributed by atoms with Crippen LogP contribution >= 0.6 is 0 Å². The summed E-state index contributed by atoms with van der Waals surface area (Å²) in [5.41, 5.74) is 9.72. The Labute approximate surface area is 330 Å². The van der Waals surface area contributed by atoms with Gasteiger partial charge in [-0.25, -0.2) is 0 Å². The Morgan fingerprint density at radius 2 is 1.04 bits per heavy atom. The van der Waals surface area contributed by atoms with E-state index in [9.17, 15) is 0 Å². The summed E-state index contributed by atoms with van der Waals surface area (Å²) in [6.07, 6.45) is 6.99. The fraction of sp³-hybridized carbons (Fsp3) is 0.149. The van der Waals surface area contributed by atoms with Crippen molar-refractivity contribution in [3.8, 4) is 22.3 Å². The predicted molar refractivity (Wildman–Crippen MR) is 213 cm³/mol. The molecular weight excluding hydrogens is 755 g/mol. The third-order valence-corrected chi connectivity index (χ3v) is 9.66. The number of allylic oxidation sites excluding steroid dienone is 2. The molecule has 0 amide bonds. The van der Waals surface area contributed by atoms with Gasteiger partial charge in [0.2, 0.25) is 0 Å². The maximum absolute atomic E-state index is 2.42. The van der Waals surface area contributed by atoms with Crippen molar-refractivity contribution in [2.75, 3.05) is 0 Å². The van der Waals surface area contributed by atoms with Crippen LogP contribution in [0, 0.1) is 13.8 Å². The minimum atomic E-state index is 0. The van der Waals surface area contributed by atoms with Gasteiger partial charge in [-0.05, 0) is 51.4 Å².